The molecule has 16 heavy (non-hydrogen) atoms. The number of rotatable bonds is 3. The minimum absolute atomic E-state index is 0.234. The Morgan fingerprint density at radius 2 is 2.31 bits per heavy atom. The van der Waals surface area contributed by atoms with E-state index in [1.807, 2.05) is 19.9 Å². The average molecular weight is 237 g/mol. The highest BCUT2D eigenvalue weighted by Crippen LogP contribution is 2.15. The molecule has 0 fully saturated rings. The molecule has 1 rings (SSSR count). The molecular weight excluding hydrogens is 224 g/mol. The number of hydrogen-bond donors (Lipinski definition) is 1. The Kier molecular flexibility index (Phi) is 4.33. The highest BCUT2D eigenvalue weighted by Gasteiger charge is 2.13. The van der Waals surface area contributed by atoms with Gasteiger partial charge in [0.1, 0.15) is 6.04 Å². The molecule has 1 amide bonds. The number of benzene rings is 1. The van der Waals surface area contributed by atoms with Gasteiger partial charge in [-0.1, -0.05) is 18.5 Å². The lowest BCUT2D eigenvalue weighted by atomic mass is 10.1. The van der Waals surface area contributed by atoms with Crippen LogP contribution in [0.4, 0.5) is 0 Å². The molecule has 0 bridgehead atoms. The maximum absolute atomic E-state index is 11.8. The molecule has 1 aromatic carbocycles. The fraction of sp³-hybridized carbons (Fsp3) is 0.333. The molecule has 0 aromatic heterocycles. The van der Waals surface area contributed by atoms with Crippen molar-refractivity contribution >= 4 is 17.5 Å². The molecule has 0 saturated heterocycles. The third kappa shape index (κ3) is 2.98. The summed E-state index contributed by atoms with van der Waals surface area (Å²) in [5.41, 5.74) is 1.36. The van der Waals surface area contributed by atoms with Crippen LogP contribution in [-0.4, -0.2) is 11.9 Å². The van der Waals surface area contributed by atoms with Gasteiger partial charge in [0, 0.05) is 10.6 Å². The lowest BCUT2D eigenvalue weighted by molar-refractivity contribution is 0.0944. The Balaban J connectivity index is 2.85. The van der Waals surface area contributed by atoms with Gasteiger partial charge in [-0.2, -0.15) is 5.26 Å². The Hall–Kier alpha value is -1.53. The van der Waals surface area contributed by atoms with Crippen LogP contribution in [-0.2, 0) is 0 Å². The van der Waals surface area contributed by atoms with Gasteiger partial charge < -0.3 is 5.32 Å². The van der Waals surface area contributed by atoms with E-state index in [0.29, 0.717) is 17.0 Å². The van der Waals surface area contributed by atoms with E-state index in [-0.39, 0.29) is 5.91 Å². The van der Waals surface area contributed by atoms with Gasteiger partial charge >= 0.3 is 0 Å². The molecule has 3 nitrogen and oxygen atoms in total. The van der Waals surface area contributed by atoms with E-state index in [2.05, 4.69) is 5.32 Å². The first-order chi connectivity index (χ1) is 7.58. The second-order valence-corrected chi connectivity index (χ2v) is 3.96. The van der Waals surface area contributed by atoms with Gasteiger partial charge in [0.15, 0.2) is 0 Å². The van der Waals surface area contributed by atoms with Gasteiger partial charge in [-0.3, -0.25) is 4.79 Å². The molecule has 0 saturated carbocycles. The predicted molar refractivity (Wildman–Crippen MR) is 63.3 cm³/mol. The highest BCUT2D eigenvalue weighted by molar-refractivity contribution is 6.30. The van der Waals surface area contributed by atoms with E-state index < -0.39 is 6.04 Å². The minimum Gasteiger partial charge on any atom is -0.336 e. The van der Waals surface area contributed by atoms with Crippen LogP contribution in [0.2, 0.25) is 5.02 Å². The zero-order chi connectivity index (χ0) is 12.1. The zero-order valence-electron chi connectivity index (χ0n) is 9.25. The summed E-state index contributed by atoms with van der Waals surface area (Å²) in [5, 5.41) is 12.0. The van der Waals surface area contributed by atoms with Crippen molar-refractivity contribution in [3.63, 3.8) is 0 Å². The topological polar surface area (TPSA) is 52.9 Å². The van der Waals surface area contributed by atoms with Crippen LogP contribution in [0.3, 0.4) is 0 Å². The number of nitrogens with zero attached hydrogens (tertiary/aromatic N) is 1. The first-order valence-corrected chi connectivity index (χ1v) is 5.43. The Morgan fingerprint density at radius 1 is 1.62 bits per heavy atom. The maximum Gasteiger partial charge on any atom is 0.252 e. The van der Waals surface area contributed by atoms with E-state index in [4.69, 9.17) is 16.9 Å². The molecule has 4 heteroatoms. The second-order valence-electron chi connectivity index (χ2n) is 3.52. The number of hydrogen-bond acceptors (Lipinski definition) is 2. The standard InChI is InChI=1S/C12H13ClN2O/c1-3-10(7-14)15-12(16)11-5-4-9(13)6-8(11)2/h4-6,10H,3H2,1-2H3,(H,15,16). The Labute approximate surface area is 100 Å². The normalized spacial score (nSPS) is 11.6. The molecule has 1 N–H and O–H groups in total. The van der Waals surface area contributed by atoms with Crippen molar-refractivity contribution in [2.24, 2.45) is 0 Å². The van der Waals surface area contributed by atoms with Crippen LogP contribution < -0.4 is 5.32 Å². The molecule has 1 aromatic rings. The lowest BCUT2D eigenvalue weighted by Crippen LogP contribution is -2.33. The molecule has 0 aliphatic rings. The van der Waals surface area contributed by atoms with Crippen LogP contribution in [0, 0.1) is 18.3 Å². The SMILES string of the molecule is CCC(C#N)NC(=O)c1ccc(Cl)cc1C. The largest absolute Gasteiger partial charge is 0.336 e. The maximum atomic E-state index is 11.8. The first-order valence-electron chi connectivity index (χ1n) is 5.05. The number of halogens is 1. The fourth-order valence-electron chi connectivity index (χ4n) is 1.34. The quantitative estimate of drug-likeness (QED) is 0.877. The fourth-order valence-corrected chi connectivity index (χ4v) is 1.57. The molecule has 84 valence electrons. The molecule has 0 aliphatic heterocycles. The van der Waals surface area contributed by atoms with Gasteiger partial charge in [0.25, 0.3) is 5.91 Å². The Bertz CT molecular complexity index is 437. The number of nitriles is 1. The first kappa shape index (κ1) is 12.5. The van der Waals surface area contributed by atoms with Gasteiger partial charge in [-0.05, 0) is 37.1 Å². The average Bonchev–Trinajstić information content (AvgIpc) is 2.25. The van der Waals surface area contributed by atoms with Crippen LogP contribution in [0.25, 0.3) is 0 Å². The van der Waals surface area contributed by atoms with E-state index in [9.17, 15) is 4.79 Å². The molecule has 1 unspecified atom stereocenters. The summed E-state index contributed by atoms with van der Waals surface area (Å²) in [4.78, 5) is 11.8. The molecule has 1 atom stereocenters. The van der Waals surface area contributed by atoms with Gasteiger partial charge in [-0.15, -0.1) is 0 Å². The van der Waals surface area contributed by atoms with Crippen LogP contribution in [0.15, 0.2) is 18.2 Å². The van der Waals surface area contributed by atoms with Crippen LogP contribution in [0.1, 0.15) is 29.3 Å². The van der Waals surface area contributed by atoms with E-state index >= 15 is 0 Å². The summed E-state index contributed by atoms with van der Waals surface area (Å²) in [6.45, 7) is 3.66. The molecular formula is C12H13ClN2O. The molecule has 0 heterocycles. The summed E-state index contributed by atoms with van der Waals surface area (Å²) >= 11 is 5.80. The minimum atomic E-state index is -0.442. The van der Waals surface area contributed by atoms with Crippen molar-refractivity contribution in [2.75, 3.05) is 0 Å². The van der Waals surface area contributed by atoms with Crippen LogP contribution >= 0.6 is 11.6 Å². The zero-order valence-corrected chi connectivity index (χ0v) is 10.0. The van der Waals surface area contributed by atoms with Gasteiger partial charge in [0.2, 0.25) is 0 Å². The van der Waals surface area contributed by atoms with Crippen LogP contribution in [0.5, 0.6) is 0 Å². The summed E-state index contributed by atoms with van der Waals surface area (Å²) in [5.74, 6) is -0.234. The number of carbonyl (C=O) groups is 1. The third-order valence-corrected chi connectivity index (χ3v) is 2.54. The van der Waals surface area contributed by atoms with Gasteiger partial charge in [0.05, 0.1) is 6.07 Å². The van der Waals surface area contributed by atoms with E-state index in [0.717, 1.165) is 5.56 Å². The van der Waals surface area contributed by atoms with Crippen molar-refractivity contribution in [2.45, 2.75) is 26.3 Å². The molecule has 0 spiro atoms. The number of aryl methyl sites for hydroxylation is 1. The third-order valence-electron chi connectivity index (χ3n) is 2.30. The smallest absolute Gasteiger partial charge is 0.252 e. The highest BCUT2D eigenvalue weighted by atomic mass is 35.5. The van der Waals surface area contributed by atoms with Crippen molar-refractivity contribution < 1.29 is 4.79 Å². The van der Waals surface area contributed by atoms with Crippen molar-refractivity contribution in [3.05, 3.63) is 34.3 Å². The number of carbonyl (C=O) groups excluding carboxylic acids is 1. The summed E-state index contributed by atoms with van der Waals surface area (Å²) < 4.78 is 0. The summed E-state index contributed by atoms with van der Waals surface area (Å²) in [6.07, 6.45) is 0.592. The predicted octanol–water partition coefficient (Wildman–Crippen LogP) is 2.68. The van der Waals surface area contributed by atoms with E-state index in [1.165, 1.54) is 0 Å². The van der Waals surface area contributed by atoms with Crippen molar-refractivity contribution in [3.8, 4) is 6.07 Å². The Morgan fingerprint density at radius 3 is 2.81 bits per heavy atom. The van der Waals surface area contributed by atoms with Crippen molar-refractivity contribution in [1.29, 1.82) is 5.26 Å². The lowest BCUT2D eigenvalue weighted by Gasteiger charge is -2.10. The molecule has 0 aliphatic carbocycles. The van der Waals surface area contributed by atoms with Gasteiger partial charge in [-0.25, -0.2) is 0 Å². The van der Waals surface area contributed by atoms with E-state index in [1.54, 1.807) is 18.2 Å². The summed E-state index contributed by atoms with van der Waals surface area (Å²) in [6, 6.07) is 6.64. The monoisotopic (exact) mass is 236 g/mol. The number of nitrogens with one attached hydrogen (secondary N) is 1. The summed E-state index contributed by atoms with van der Waals surface area (Å²) in [7, 11) is 0. The second kappa shape index (κ2) is 5.53. The molecule has 0 radical (unpaired) electrons. The van der Waals surface area contributed by atoms with Crippen molar-refractivity contribution in [1.82, 2.24) is 5.32 Å². The number of amides is 1.